The predicted molar refractivity (Wildman–Crippen MR) is 94.8 cm³/mol. The van der Waals surface area contributed by atoms with Crippen LogP contribution < -0.4 is 10.2 Å². The normalized spacial score (nSPS) is 11.5. The van der Waals surface area contributed by atoms with Gasteiger partial charge in [0, 0.05) is 17.9 Å². The number of carbonyl (C=O) groups is 1. The van der Waals surface area contributed by atoms with Gasteiger partial charge in [-0.1, -0.05) is 11.6 Å². The number of hydrogen-bond donors (Lipinski definition) is 1. The Morgan fingerprint density at radius 1 is 1.29 bits per heavy atom. The summed E-state index contributed by atoms with van der Waals surface area (Å²) in [6, 6.07) is 5.00. The number of esters is 1. The number of fused-ring (bicyclic) bond motifs is 1. The third kappa shape index (κ3) is 3.94. The number of nitrogens with one attached hydrogen (secondary N) is 1. The molecule has 0 aliphatic carbocycles. The Balaban J connectivity index is 1.97. The first kappa shape index (κ1) is 19.7. The summed E-state index contributed by atoms with van der Waals surface area (Å²) in [5.74, 6) is -0.926. The predicted octanol–water partition coefficient (Wildman–Crippen LogP) is 4.56. The number of hydrogen-bond acceptors (Lipinski definition) is 5. The van der Waals surface area contributed by atoms with E-state index in [-0.39, 0.29) is 34.2 Å². The summed E-state index contributed by atoms with van der Waals surface area (Å²) in [7, 11) is 0. The first-order chi connectivity index (χ1) is 13.2. The Bertz CT molecular complexity index is 1110. The van der Waals surface area contributed by atoms with E-state index in [2.05, 4.69) is 9.97 Å². The minimum atomic E-state index is -4.59. The molecule has 0 radical (unpaired) electrons. The van der Waals surface area contributed by atoms with Crippen LogP contribution in [0.3, 0.4) is 0 Å². The van der Waals surface area contributed by atoms with Crippen molar-refractivity contribution in [3.8, 4) is 11.6 Å². The van der Waals surface area contributed by atoms with Gasteiger partial charge in [-0.2, -0.15) is 13.2 Å². The summed E-state index contributed by atoms with van der Waals surface area (Å²) < 4.78 is 48.3. The average Bonchev–Trinajstić information content (AvgIpc) is 2.63. The second-order valence-corrected chi connectivity index (χ2v) is 5.98. The third-order valence-electron chi connectivity index (χ3n) is 3.70. The Morgan fingerprint density at radius 2 is 2.04 bits per heavy atom. The van der Waals surface area contributed by atoms with Gasteiger partial charge in [0.05, 0.1) is 17.6 Å². The molecule has 0 atom stereocenters. The van der Waals surface area contributed by atoms with Gasteiger partial charge in [0.25, 0.3) is 0 Å². The van der Waals surface area contributed by atoms with Gasteiger partial charge in [0.15, 0.2) is 0 Å². The molecule has 0 aliphatic rings. The van der Waals surface area contributed by atoms with E-state index in [1.165, 1.54) is 24.4 Å². The SMILES string of the molecule is CCOC(=O)c1c[nH]c2ccc(Oc3ncc(C(F)(F)F)cc3Cl)cc2c1=O. The highest BCUT2D eigenvalue weighted by Gasteiger charge is 2.31. The van der Waals surface area contributed by atoms with Crippen molar-refractivity contribution in [2.24, 2.45) is 0 Å². The molecule has 6 nitrogen and oxygen atoms in total. The fourth-order valence-electron chi connectivity index (χ4n) is 2.39. The van der Waals surface area contributed by atoms with E-state index in [0.717, 1.165) is 0 Å². The molecule has 0 bridgehead atoms. The molecule has 0 aliphatic heterocycles. The van der Waals surface area contributed by atoms with Gasteiger partial charge in [0.2, 0.25) is 11.3 Å². The molecule has 0 fully saturated rings. The molecule has 2 heterocycles. The zero-order chi connectivity index (χ0) is 20.5. The number of aromatic amines is 1. The van der Waals surface area contributed by atoms with Crippen molar-refractivity contribution in [3.05, 3.63) is 63.0 Å². The van der Waals surface area contributed by atoms with Gasteiger partial charge in [0.1, 0.15) is 16.3 Å². The number of carbonyl (C=O) groups excluding carboxylic acids is 1. The lowest BCUT2D eigenvalue weighted by atomic mass is 10.1. The zero-order valence-corrected chi connectivity index (χ0v) is 15.0. The van der Waals surface area contributed by atoms with Crippen LogP contribution in [0.5, 0.6) is 11.6 Å². The lowest BCUT2D eigenvalue weighted by Crippen LogP contribution is -2.18. The molecular formula is C18H12ClF3N2O4. The Hall–Kier alpha value is -3.07. The summed E-state index contributed by atoms with van der Waals surface area (Å²) in [4.78, 5) is 30.8. The molecule has 0 saturated heterocycles. The number of halogens is 4. The van der Waals surface area contributed by atoms with Crippen LogP contribution in [0.4, 0.5) is 13.2 Å². The molecule has 10 heteroatoms. The van der Waals surface area contributed by atoms with Gasteiger partial charge in [-0.05, 0) is 31.2 Å². The second kappa shape index (κ2) is 7.51. The van der Waals surface area contributed by atoms with Crippen molar-refractivity contribution in [1.29, 1.82) is 0 Å². The lowest BCUT2D eigenvalue weighted by molar-refractivity contribution is -0.137. The Kier molecular flexibility index (Phi) is 5.28. The number of rotatable bonds is 4. The van der Waals surface area contributed by atoms with E-state index in [0.29, 0.717) is 17.8 Å². The maximum Gasteiger partial charge on any atom is 0.417 e. The van der Waals surface area contributed by atoms with Gasteiger partial charge < -0.3 is 14.5 Å². The molecule has 1 N–H and O–H groups in total. The van der Waals surface area contributed by atoms with Gasteiger partial charge in [-0.25, -0.2) is 9.78 Å². The van der Waals surface area contributed by atoms with Gasteiger partial charge in [-0.15, -0.1) is 0 Å². The monoisotopic (exact) mass is 412 g/mol. The average molecular weight is 413 g/mol. The number of benzene rings is 1. The highest BCUT2D eigenvalue weighted by atomic mass is 35.5. The van der Waals surface area contributed by atoms with Crippen molar-refractivity contribution in [3.63, 3.8) is 0 Å². The minimum absolute atomic E-state index is 0.105. The molecule has 1 aromatic carbocycles. The second-order valence-electron chi connectivity index (χ2n) is 5.57. The van der Waals surface area contributed by atoms with E-state index < -0.39 is 23.1 Å². The number of H-pyrrole nitrogens is 1. The maximum atomic E-state index is 12.7. The molecule has 146 valence electrons. The molecular weight excluding hydrogens is 401 g/mol. The van der Waals surface area contributed by atoms with Crippen LogP contribution in [-0.4, -0.2) is 22.5 Å². The standard InChI is InChI=1S/C18H12ClF3N2O4/c1-2-27-17(26)12-8-23-14-4-3-10(6-11(14)15(12)25)28-16-13(19)5-9(7-24-16)18(20,21)22/h3-8H,2H2,1H3,(H,23,25). The van der Waals surface area contributed by atoms with Crippen molar-refractivity contribution in [2.45, 2.75) is 13.1 Å². The number of aromatic nitrogens is 2. The summed E-state index contributed by atoms with van der Waals surface area (Å²) in [6.45, 7) is 1.72. The number of nitrogens with zero attached hydrogens (tertiary/aromatic N) is 1. The van der Waals surface area contributed by atoms with Crippen LogP contribution in [0.2, 0.25) is 5.02 Å². The van der Waals surface area contributed by atoms with Crippen LogP contribution in [0, 0.1) is 0 Å². The minimum Gasteiger partial charge on any atom is -0.462 e. The first-order valence-corrected chi connectivity index (χ1v) is 8.31. The Morgan fingerprint density at radius 3 is 2.68 bits per heavy atom. The molecule has 0 saturated carbocycles. The number of pyridine rings is 2. The quantitative estimate of drug-likeness (QED) is 0.635. The van der Waals surface area contributed by atoms with Crippen molar-refractivity contribution in [1.82, 2.24) is 9.97 Å². The van der Waals surface area contributed by atoms with Crippen molar-refractivity contribution >= 4 is 28.5 Å². The third-order valence-corrected chi connectivity index (χ3v) is 3.97. The van der Waals surface area contributed by atoms with E-state index >= 15 is 0 Å². The van der Waals surface area contributed by atoms with E-state index in [1.807, 2.05) is 0 Å². The highest BCUT2D eigenvalue weighted by Crippen LogP contribution is 2.34. The lowest BCUT2D eigenvalue weighted by Gasteiger charge is -2.10. The molecule has 0 unspecified atom stereocenters. The summed E-state index contributed by atoms with van der Waals surface area (Å²) >= 11 is 5.82. The van der Waals surface area contributed by atoms with Crippen LogP contribution >= 0.6 is 11.6 Å². The summed E-state index contributed by atoms with van der Waals surface area (Å²) in [5.41, 5.74) is -1.35. The van der Waals surface area contributed by atoms with Crippen molar-refractivity contribution in [2.75, 3.05) is 6.61 Å². The summed E-state index contributed by atoms with van der Waals surface area (Å²) in [6.07, 6.45) is -2.75. The fraction of sp³-hybridized carbons (Fsp3) is 0.167. The van der Waals surface area contributed by atoms with Crippen LogP contribution in [0.1, 0.15) is 22.8 Å². The Labute approximate surface area is 160 Å². The topological polar surface area (TPSA) is 81.3 Å². The molecule has 3 rings (SSSR count). The highest BCUT2D eigenvalue weighted by molar-refractivity contribution is 6.31. The van der Waals surface area contributed by atoms with Crippen molar-refractivity contribution < 1.29 is 27.4 Å². The van der Waals surface area contributed by atoms with Crippen LogP contribution in [0.25, 0.3) is 10.9 Å². The van der Waals surface area contributed by atoms with Gasteiger partial charge >= 0.3 is 12.1 Å². The molecule has 0 amide bonds. The smallest absolute Gasteiger partial charge is 0.417 e. The van der Waals surface area contributed by atoms with E-state index in [9.17, 15) is 22.8 Å². The molecule has 28 heavy (non-hydrogen) atoms. The molecule has 0 spiro atoms. The summed E-state index contributed by atoms with van der Waals surface area (Å²) in [5, 5.41) is -0.213. The fourth-order valence-corrected chi connectivity index (χ4v) is 2.59. The van der Waals surface area contributed by atoms with Gasteiger partial charge in [-0.3, -0.25) is 4.79 Å². The molecule has 3 aromatic rings. The largest absolute Gasteiger partial charge is 0.462 e. The number of ether oxygens (including phenoxy) is 2. The zero-order valence-electron chi connectivity index (χ0n) is 14.3. The van der Waals surface area contributed by atoms with E-state index in [4.69, 9.17) is 21.1 Å². The first-order valence-electron chi connectivity index (χ1n) is 7.94. The van der Waals surface area contributed by atoms with Crippen LogP contribution in [-0.2, 0) is 10.9 Å². The number of alkyl halides is 3. The maximum absolute atomic E-state index is 12.7. The van der Waals surface area contributed by atoms with E-state index in [1.54, 1.807) is 6.92 Å². The molecule has 2 aromatic heterocycles. The van der Waals surface area contributed by atoms with Crippen LogP contribution in [0.15, 0.2) is 41.5 Å².